The van der Waals surface area contributed by atoms with Crippen LogP contribution >= 0.6 is 15.9 Å². The number of hydrogen-bond donors (Lipinski definition) is 1. The Bertz CT molecular complexity index is 386. The lowest BCUT2D eigenvalue weighted by Crippen LogP contribution is -2.20. The molecule has 3 heteroatoms. The van der Waals surface area contributed by atoms with Gasteiger partial charge in [0.2, 0.25) is 0 Å². The molecule has 1 aromatic rings. The van der Waals surface area contributed by atoms with Gasteiger partial charge >= 0.3 is 0 Å². The summed E-state index contributed by atoms with van der Waals surface area (Å²) < 4.78 is 6.24. The predicted octanol–water partition coefficient (Wildman–Crippen LogP) is 4.70. The number of benzene rings is 1. The molecule has 0 atom stereocenters. The van der Waals surface area contributed by atoms with E-state index in [0.717, 1.165) is 28.6 Å². The average Bonchev–Trinajstić information content (AvgIpc) is 2.38. The summed E-state index contributed by atoms with van der Waals surface area (Å²) >= 11 is 3.52. The van der Waals surface area contributed by atoms with Crippen LogP contribution < -0.4 is 10.1 Å². The van der Waals surface area contributed by atoms with Gasteiger partial charge < -0.3 is 10.1 Å². The van der Waals surface area contributed by atoms with Crippen LogP contribution in [0.15, 0.2) is 22.7 Å². The zero-order valence-electron chi connectivity index (χ0n) is 11.2. The zero-order chi connectivity index (χ0) is 13.0. The largest absolute Gasteiger partial charge is 0.496 e. The minimum atomic E-state index is 0.835. The zero-order valence-corrected chi connectivity index (χ0v) is 12.8. The minimum Gasteiger partial charge on any atom is -0.496 e. The van der Waals surface area contributed by atoms with Crippen molar-refractivity contribution in [3.63, 3.8) is 0 Å². The van der Waals surface area contributed by atoms with E-state index in [2.05, 4.69) is 40.3 Å². The normalized spacial score (nSPS) is 23.7. The maximum absolute atomic E-state index is 5.23. The number of halogens is 1. The van der Waals surface area contributed by atoms with Crippen molar-refractivity contribution in [2.24, 2.45) is 11.8 Å². The van der Waals surface area contributed by atoms with Crippen LogP contribution in [0.1, 0.15) is 32.6 Å². The van der Waals surface area contributed by atoms with Gasteiger partial charge in [-0.05, 0) is 58.8 Å². The van der Waals surface area contributed by atoms with E-state index in [4.69, 9.17) is 4.74 Å². The number of nitrogens with one attached hydrogen (secondary N) is 1. The number of ether oxygens (including phenoxy) is 1. The lowest BCUT2D eigenvalue weighted by atomic mass is 9.83. The molecule has 18 heavy (non-hydrogen) atoms. The van der Waals surface area contributed by atoms with E-state index in [1.165, 1.54) is 31.4 Å². The quantitative estimate of drug-likeness (QED) is 0.870. The van der Waals surface area contributed by atoms with Gasteiger partial charge in [-0.2, -0.15) is 0 Å². The first-order chi connectivity index (χ1) is 8.69. The molecule has 0 unspecified atom stereocenters. The fraction of sp³-hybridized carbons (Fsp3) is 0.600. The molecular formula is C15H22BrNO. The molecule has 1 N–H and O–H groups in total. The molecule has 2 nitrogen and oxygen atoms in total. The van der Waals surface area contributed by atoms with Crippen molar-refractivity contribution in [1.82, 2.24) is 0 Å². The van der Waals surface area contributed by atoms with E-state index >= 15 is 0 Å². The lowest BCUT2D eigenvalue weighted by Gasteiger charge is -2.26. The van der Waals surface area contributed by atoms with Crippen LogP contribution in [0.25, 0.3) is 0 Å². The first-order valence-electron chi connectivity index (χ1n) is 6.76. The fourth-order valence-corrected chi connectivity index (χ4v) is 3.11. The van der Waals surface area contributed by atoms with Gasteiger partial charge in [-0.15, -0.1) is 0 Å². The van der Waals surface area contributed by atoms with Gasteiger partial charge in [-0.1, -0.05) is 19.8 Å². The van der Waals surface area contributed by atoms with Crippen molar-refractivity contribution < 1.29 is 4.74 Å². The Kier molecular flexibility index (Phi) is 4.93. The van der Waals surface area contributed by atoms with E-state index in [-0.39, 0.29) is 0 Å². The van der Waals surface area contributed by atoms with Gasteiger partial charge in [0, 0.05) is 12.2 Å². The number of anilines is 1. The highest BCUT2D eigenvalue weighted by molar-refractivity contribution is 9.10. The van der Waals surface area contributed by atoms with Gasteiger partial charge in [-0.25, -0.2) is 0 Å². The molecule has 1 aromatic carbocycles. The van der Waals surface area contributed by atoms with Gasteiger partial charge in [-0.3, -0.25) is 0 Å². The van der Waals surface area contributed by atoms with Crippen LogP contribution in [-0.4, -0.2) is 13.7 Å². The third-order valence-corrected chi connectivity index (χ3v) is 4.50. The molecule has 0 saturated heterocycles. The number of methoxy groups -OCH3 is 1. The summed E-state index contributed by atoms with van der Waals surface area (Å²) in [5.74, 6) is 2.64. The first-order valence-corrected chi connectivity index (χ1v) is 7.55. The summed E-state index contributed by atoms with van der Waals surface area (Å²) in [5.41, 5.74) is 1.17. The SMILES string of the molecule is COc1ccc(NCC2CCC(C)CC2)cc1Br. The van der Waals surface area contributed by atoms with Gasteiger partial charge in [0.05, 0.1) is 11.6 Å². The minimum absolute atomic E-state index is 0.835. The number of hydrogen-bond acceptors (Lipinski definition) is 2. The smallest absolute Gasteiger partial charge is 0.133 e. The number of rotatable bonds is 4. The Morgan fingerprint density at radius 3 is 2.61 bits per heavy atom. The molecule has 0 heterocycles. The Morgan fingerprint density at radius 2 is 2.00 bits per heavy atom. The Balaban J connectivity index is 1.84. The highest BCUT2D eigenvalue weighted by atomic mass is 79.9. The first kappa shape index (κ1) is 13.7. The second-order valence-electron chi connectivity index (χ2n) is 5.36. The molecule has 1 fully saturated rings. The van der Waals surface area contributed by atoms with E-state index in [1.807, 2.05) is 6.07 Å². The third-order valence-electron chi connectivity index (χ3n) is 3.88. The van der Waals surface area contributed by atoms with E-state index in [0.29, 0.717) is 0 Å². The van der Waals surface area contributed by atoms with E-state index < -0.39 is 0 Å². The van der Waals surface area contributed by atoms with Crippen molar-refractivity contribution in [3.05, 3.63) is 22.7 Å². The predicted molar refractivity (Wildman–Crippen MR) is 80.3 cm³/mol. The van der Waals surface area contributed by atoms with Crippen molar-refractivity contribution >= 4 is 21.6 Å². The Labute approximate surface area is 118 Å². The van der Waals surface area contributed by atoms with Crippen LogP contribution in [0.3, 0.4) is 0 Å². The summed E-state index contributed by atoms with van der Waals surface area (Å²) in [6, 6.07) is 6.16. The van der Waals surface area contributed by atoms with Gasteiger partial charge in [0.15, 0.2) is 0 Å². The summed E-state index contributed by atoms with van der Waals surface area (Å²) in [6.45, 7) is 3.45. The highest BCUT2D eigenvalue weighted by Gasteiger charge is 2.17. The molecule has 100 valence electrons. The summed E-state index contributed by atoms with van der Waals surface area (Å²) in [4.78, 5) is 0. The highest BCUT2D eigenvalue weighted by Crippen LogP contribution is 2.30. The van der Waals surface area contributed by atoms with Crippen molar-refractivity contribution in [1.29, 1.82) is 0 Å². The molecule has 1 saturated carbocycles. The molecule has 1 aliphatic rings. The topological polar surface area (TPSA) is 21.3 Å². The molecule has 1 aliphatic carbocycles. The standard InChI is InChI=1S/C15H22BrNO/c1-11-3-5-12(6-4-11)10-17-13-7-8-15(18-2)14(16)9-13/h7-9,11-12,17H,3-6,10H2,1-2H3. The van der Waals surface area contributed by atoms with E-state index in [1.54, 1.807) is 7.11 Å². The molecule has 0 amide bonds. The fourth-order valence-electron chi connectivity index (χ4n) is 2.57. The van der Waals surface area contributed by atoms with Crippen LogP contribution in [0.2, 0.25) is 0 Å². The molecule has 2 rings (SSSR count). The summed E-state index contributed by atoms with van der Waals surface area (Å²) in [7, 11) is 1.69. The van der Waals surface area contributed by atoms with Crippen LogP contribution in [-0.2, 0) is 0 Å². The monoisotopic (exact) mass is 311 g/mol. The Morgan fingerprint density at radius 1 is 1.28 bits per heavy atom. The van der Waals surface area contributed by atoms with Crippen molar-refractivity contribution in [2.75, 3.05) is 19.0 Å². The second kappa shape index (κ2) is 6.46. The molecular weight excluding hydrogens is 290 g/mol. The average molecular weight is 312 g/mol. The van der Waals surface area contributed by atoms with Gasteiger partial charge in [0.1, 0.15) is 5.75 Å². The van der Waals surface area contributed by atoms with Crippen molar-refractivity contribution in [2.45, 2.75) is 32.6 Å². The van der Waals surface area contributed by atoms with Crippen LogP contribution in [0.5, 0.6) is 5.75 Å². The molecule has 0 bridgehead atoms. The molecule has 0 radical (unpaired) electrons. The molecule has 0 aliphatic heterocycles. The van der Waals surface area contributed by atoms with Crippen LogP contribution in [0.4, 0.5) is 5.69 Å². The Hall–Kier alpha value is -0.700. The lowest BCUT2D eigenvalue weighted by molar-refractivity contribution is 0.300. The second-order valence-corrected chi connectivity index (χ2v) is 6.21. The summed E-state index contributed by atoms with van der Waals surface area (Å²) in [6.07, 6.45) is 5.51. The van der Waals surface area contributed by atoms with Gasteiger partial charge in [0.25, 0.3) is 0 Å². The maximum atomic E-state index is 5.23. The van der Waals surface area contributed by atoms with E-state index in [9.17, 15) is 0 Å². The van der Waals surface area contributed by atoms with Crippen molar-refractivity contribution in [3.8, 4) is 5.75 Å². The van der Waals surface area contributed by atoms with Crippen LogP contribution in [0, 0.1) is 11.8 Å². The summed E-state index contributed by atoms with van der Waals surface area (Å²) in [5, 5.41) is 3.54. The molecule has 0 aromatic heterocycles. The molecule has 0 spiro atoms. The third kappa shape index (κ3) is 3.64. The maximum Gasteiger partial charge on any atom is 0.133 e.